The molecular weight excluding hydrogens is 174 g/mol. The van der Waals surface area contributed by atoms with Gasteiger partial charge in [-0.15, -0.1) is 0 Å². The molecule has 1 atom stereocenters. The summed E-state index contributed by atoms with van der Waals surface area (Å²) in [6, 6.07) is 0.911. The molecule has 0 radical (unpaired) electrons. The molecule has 0 saturated heterocycles. The zero-order valence-electron chi connectivity index (χ0n) is 9.33. The van der Waals surface area contributed by atoms with Crippen LogP contribution in [-0.2, 0) is 4.79 Å². The predicted molar refractivity (Wildman–Crippen MR) is 57.2 cm³/mol. The molecule has 2 heteroatoms. The van der Waals surface area contributed by atoms with E-state index >= 15 is 0 Å². The molecule has 2 aliphatic carbocycles. The SMILES string of the molecule is CCC(=O)C(C)N(CC1CC1)C1CC1. The maximum Gasteiger partial charge on any atom is 0.149 e. The summed E-state index contributed by atoms with van der Waals surface area (Å²) in [6.45, 7) is 5.24. The number of carbonyl (C=O) groups is 1. The number of ketones is 1. The molecule has 0 N–H and O–H groups in total. The highest BCUT2D eigenvalue weighted by Gasteiger charge is 2.37. The van der Waals surface area contributed by atoms with E-state index in [-0.39, 0.29) is 6.04 Å². The Balaban J connectivity index is 1.90. The Labute approximate surface area is 86.7 Å². The van der Waals surface area contributed by atoms with Gasteiger partial charge >= 0.3 is 0 Å². The zero-order valence-corrected chi connectivity index (χ0v) is 9.33. The van der Waals surface area contributed by atoms with E-state index in [0.717, 1.165) is 12.0 Å². The average Bonchev–Trinajstić information content (AvgIpc) is 3.02. The maximum absolute atomic E-state index is 11.6. The lowest BCUT2D eigenvalue weighted by atomic mass is 10.1. The number of hydrogen-bond acceptors (Lipinski definition) is 2. The molecule has 2 aliphatic rings. The molecule has 2 saturated carbocycles. The molecule has 80 valence electrons. The molecule has 0 heterocycles. The summed E-state index contributed by atoms with van der Waals surface area (Å²) >= 11 is 0. The first-order valence-corrected chi connectivity index (χ1v) is 6.00. The molecule has 0 aliphatic heterocycles. The Bertz CT molecular complexity index is 218. The Morgan fingerprint density at radius 1 is 1.36 bits per heavy atom. The number of rotatable bonds is 6. The van der Waals surface area contributed by atoms with Crippen LogP contribution >= 0.6 is 0 Å². The molecule has 14 heavy (non-hydrogen) atoms. The van der Waals surface area contributed by atoms with Crippen molar-refractivity contribution in [3.05, 3.63) is 0 Å². The summed E-state index contributed by atoms with van der Waals surface area (Å²) in [4.78, 5) is 14.1. The minimum atomic E-state index is 0.174. The monoisotopic (exact) mass is 195 g/mol. The molecule has 1 unspecified atom stereocenters. The Kier molecular flexibility index (Phi) is 2.91. The van der Waals surface area contributed by atoms with Crippen molar-refractivity contribution in [2.45, 2.75) is 58.0 Å². The molecule has 0 aromatic carbocycles. The largest absolute Gasteiger partial charge is 0.298 e. The predicted octanol–water partition coefficient (Wildman–Crippen LogP) is 2.23. The van der Waals surface area contributed by atoms with Crippen molar-refractivity contribution in [3.8, 4) is 0 Å². The number of carbonyl (C=O) groups excluding carboxylic acids is 1. The van der Waals surface area contributed by atoms with Crippen LogP contribution in [0.2, 0.25) is 0 Å². The van der Waals surface area contributed by atoms with Gasteiger partial charge in [-0.25, -0.2) is 0 Å². The lowest BCUT2D eigenvalue weighted by molar-refractivity contribution is -0.123. The smallest absolute Gasteiger partial charge is 0.149 e. The molecule has 0 amide bonds. The second-order valence-electron chi connectivity index (χ2n) is 4.87. The average molecular weight is 195 g/mol. The van der Waals surface area contributed by atoms with Gasteiger partial charge in [0, 0.05) is 19.0 Å². The van der Waals surface area contributed by atoms with Gasteiger partial charge in [0.15, 0.2) is 0 Å². The van der Waals surface area contributed by atoms with Gasteiger partial charge in [-0.2, -0.15) is 0 Å². The second kappa shape index (κ2) is 4.01. The van der Waals surface area contributed by atoms with Crippen molar-refractivity contribution < 1.29 is 4.79 Å². The summed E-state index contributed by atoms with van der Waals surface area (Å²) in [7, 11) is 0. The van der Waals surface area contributed by atoms with Gasteiger partial charge in [-0.1, -0.05) is 6.92 Å². The molecule has 0 aromatic rings. The Hall–Kier alpha value is -0.370. The molecule has 0 spiro atoms. The van der Waals surface area contributed by atoms with Gasteiger partial charge in [0.1, 0.15) is 5.78 Å². The third-order valence-corrected chi connectivity index (χ3v) is 3.49. The first-order chi connectivity index (χ1) is 6.72. The normalized spacial score (nSPS) is 23.9. The van der Waals surface area contributed by atoms with Gasteiger partial charge in [-0.05, 0) is 38.5 Å². The van der Waals surface area contributed by atoms with Crippen LogP contribution in [0.1, 0.15) is 46.0 Å². The Morgan fingerprint density at radius 3 is 2.43 bits per heavy atom. The summed E-state index contributed by atoms with van der Waals surface area (Å²) in [6.07, 6.45) is 6.09. The highest BCUT2D eigenvalue weighted by molar-refractivity contribution is 5.83. The van der Waals surface area contributed by atoms with Crippen molar-refractivity contribution in [3.63, 3.8) is 0 Å². The molecular formula is C12H21NO. The lowest BCUT2D eigenvalue weighted by Gasteiger charge is -2.27. The van der Waals surface area contributed by atoms with Crippen LogP contribution in [-0.4, -0.2) is 29.3 Å². The van der Waals surface area contributed by atoms with Gasteiger partial charge < -0.3 is 0 Å². The van der Waals surface area contributed by atoms with Crippen molar-refractivity contribution in [2.75, 3.05) is 6.54 Å². The van der Waals surface area contributed by atoms with Crippen LogP contribution in [0.25, 0.3) is 0 Å². The molecule has 2 rings (SSSR count). The fourth-order valence-corrected chi connectivity index (χ4v) is 2.11. The van der Waals surface area contributed by atoms with Crippen LogP contribution < -0.4 is 0 Å². The van der Waals surface area contributed by atoms with E-state index < -0.39 is 0 Å². The standard InChI is InChI=1S/C12H21NO/c1-3-12(14)9(2)13(11-6-7-11)8-10-4-5-10/h9-11H,3-8H2,1-2H3. The van der Waals surface area contributed by atoms with Crippen LogP contribution in [0, 0.1) is 5.92 Å². The summed E-state index contributed by atoms with van der Waals surface area (Å²) < 4.78 is 0. The first-order valence-electron chi connectivity index (χ1n) is 6.00. The van der Waals surface area contributed by atoms with Crippen molar-refractivity contribution in [1.82, 2.24) is 4.90 Å². The topological polar surface area (TPSA) is 20.3 Å². The maximum atomic E-state index is 11.6. The molecule has 2 nitrogen and oxygen atoms in total. The lowest BCUT2D eigenvalue weighted by Crippen LogP contribution is -2.41. The third kappa shape index (κ3) is 2.35. The summed E-state index contributed by atoms with van der Waals surface area (Å²) in [5.41, 5.74) is 0. The van der Waals surface area contributed by atoms with Crippen molar-refractivity contribution >= 4 is 5.78 Å². The first kappa shape index (κ1) is 10.2. The second-order valence-corrected chi connectivity index (χ2v) is 4.87. The molecule has 0 bridgehead atoms. The van der Waals surface area contributed by atoms with Gasteiger partial charge in [0.2, 0.25) is 0 Å². The Morgan fingerprint density at radius 2 is 2.00 bits per heavy atom. The van der Waals surface area contributed by atoms with E-state index in [0.29, 0.717) is 12.2 Å². The van der Waals surface area contributed by atoms with E-state index in [1.54, 1.807) is 0 Å². The molecule has 0 aromatic heterocycles. The van der Waals surface area contributed by atoms with Gasteiger partial charge in [0.25, 0.3) is 0 Å². The van der Waals surface area contributed by atoms with E-state index in [2.05, 4.69) is 11.8 Å². The zero-order chi connectivity index (χ0) is 10.1. The quantitative estimate of drug-likeness (QED) is 0.647. The van der Waals surface area contributed by atoms with E-state index in [1.807, 2.05) is 6.92 Å². The van der Waals surface area contributed by atoms with E-state index in [4.69, 9.17) is 0 Å². The third-order valence-electron chi connectivity index (χ3n) is 3.49. The van der Waals surface area contributed by atoms with Crippen LogP contribution in [0.5, 0.6) is 0 Å². The minimum Gasteiger partial charge on any atom is -0.298 e. The summed E-state index contributed by atoms with van der Waals surface area (Å²) in [5, 5.41) is 0. The number of Topliss-reactive ketones (excluding diaryl/α,β-unsaturated/α-hetero) is 1. The number of hydrogen-bond donors (Lipinski definition) is 0. The van der Waals surface area contributed by atoms with Crippen molar-refractivity contribution in [2.24, 2.45) is 5.92 Å². The fourth-order valence-electron chi connectivity index (χ4n) is 2.11. The summed E-state index contributed by atoms with van der Waals surface area (Å²) in [5.74, 6) is 1.32. The highest BCUT2D eigenvalue weighted by Crippen LogP contribution is 2.36. The fraction of sp³-hybridized carbons (Fsp3) is 0.917. The minimum absolute atomic E-state index is 0.174. The molecule has 2 fully saturated rings. The van der Waals surface area contributed by atoms with Crippen molar-refractivity contribution in [1.29, 1.82) is 0 Å². The van der Waals surface area contributed by atoms with Crippen LogP contribution in [0.15, 0.2) is 0 Å². The highest BCUT2D eigenvalue weighted by atomic mass is 16.1. The van der Waals surface area contributed by atoms with Crippen LogP contribution in [0.3, 0.4) is 0 Å². The van der Waals surface area contributed by atoms with Gasteiger partial charge in [0.05, 0.1) is 6.04 Å². The number of nitrogens with zero attached hydrogens (tertiary/aromatic N) is 1. The van der Waals surface area contributed by atoms with E-state index in [9.17, 15) is 4.79 Å². The van der Waals surface area contributed by atoms with Gasteiger partial charge in [-0.3, -0.25) is 9.69 Å². The van der Waals surface area contributed by atoms with E-state index in [1.165, 1.54) is 32.2 Å². The van der Waals surface area contributed by atoms with Crippen LogP contribution in [0.4, 0.5) is 0 Å².